The molecule has 0 aromatic carbocycles. The third kappa shape index (κ3) is 9.73. The lowest BCUT2D eigenvalue weighted by molar-refractivity contribution is 0.000863. The molecule has 0 spiro atoms. The molecule has 2 atom stereocenters. The van der Waals surface area contributed by atoms with Crippen molar-refractivity contribution in [3.05, 3.63) is 0 Å². The van der Waals surface area contributed by atoms with Crippen LogP contribution in [0.15, 0.2) is 0 Å². The normalized spacial score (nSPS) is 14.7. The van der Waals surface area contributed by atoms with Gasteiger partial charge in [0.25, 0.3) is 0 Å². The van der Waals surface area contributed by atoms with Crippen molar-refractivity contribution in [1.82, 2.24) is 5.43 Å². The Balaban J connectivity index is 3.72. The Morgan fingerprint density at radius 2 is 1.45 bits per heavy atom. The highest BCUT2D eigenvalue weighted by molar-refractivity contribution is 4.77. The van der Waals surface area contributed by atoms with Crippen LogP contribution in [-0.4, -0.2) is 18.8 Å². The Labute approximate surface area is 127 Å². The molecule has 3 heteroatoms. The fourth-order valence-electron chi connectivity index (χ4n) is 2.81. The number of hydrazine groups is 1. The maximum absolute atomic E-state index is 5.84. The van der Waals surface area contributed by atoms with Crippen LogP contribution in [0.4, 0.5) is 0 Å². The van der Waals surface area contributed by atoms with Gasteiger partial charge in [0.2, 0.25) is 0 Å². The van der Waals surface area contributed by atoms with Gasteiger partial charge in [-0.3, -0.25) is 11.3 Å². The fourth-order valence-corrected chi connectivity index (χ4v) is 2.81. The molecule has 0 aliphatic rings. The van der Waals surface area contributed by atoms with Gasteiger partial charge in [0.05, 0.1) is 6.10 Å². The highest BCUT2D eigenvalue weighted by Gasteiger charge is 2.23. The zero-order valence-corrected chi connectivity index (χ0v) is 14.3. The third-order valence-electron chi connectivity index (χ3n) is 4.00. The van der Waals surface area contributed by atoms with Crippen LogP contribution >= 0.6 is 0 Å². The standard InChI is InChI=1S/C17H38N2O/c1-5-7-8-9-10-11-12-13-14-16(19-18)17(15(3)4)20-6-2/h15-17,19H,5-14,18H2,1-4H3. The van der Waals surface area contributed by atoms with Crippen LogP contribution < -0.4 is 11.3 Å². The summed E-state index contributed by atoms with van der Waals surface area (Å²) in [7, 11) is 0. The maximum Gasteiger partial charge on any atom is 0.0764 e. The molecule has 3 N–H and O–H groups in total. The van der Waals surface area contributed by atoms with E-state index in [4.69, 9.17) is 10.6 Å². The predicted molar refractivity (Wildman–Crippen MR) is 88.6 cm³/mol. The smallest absolute Gasteiger partial charge is 0.0764 e. The molecule has 0 amide bonds. The van der Waals surface area contributed by atoms with E-state index in [0.717, 1.165) is 13.0 Å². The second kappa shape index (κ2) is 13.8. The summed E-state index contributed by atoms with van der Waals surface area (Å²) in [4.78, 5) is 0. The lowest BCUT2D eigenvalue weighted by atomic mass is 9.95. The van der Waals surface area contributed by atoms with E-state index >= 15 is 0 Å². The van der Waals surface area contributed by atoms with Gasteiger partial charge in [-0.25, -0.2) is 0 Å². The lowest BCUT2D eigenvalue weighted by Crippen LogP contribution is -2.47. The van der Waals surface area contributed by atoms with Crippen molar-refractivity contribution < 1.29 is 4.74 Å². The average molecular weight is 287 g/mol. The number of unbranched alkanes of at least 4 members (excludes halogenated alkanes) is 7. The van der Waals surface area contributed by atoms with Crippen LogP contribution in [-0.2, 0) is 4.74 Å². The van der Waals surface area contributed by atoms with E-state index in [9.17, 15) is 0 Å². The van der Waals surface area contributed by atoms with Gasteiger partial charge < -0.3 is 4.74 Å². The SMILES string of the molecule is CCCCCCCCCCC(NN)C(OCC)C(C)C. The first-order chi connectivity index (χ1) is 9.67. The molecule has 20 heavy (non-hydrogen) atoms. The first kappa shape index (κ1) is 19.9. The summed E-state index contributed by atoms with van der Waals surface area (Å²) in [6.07, 6.45) is 12.2. The average Bonchev–Trinajstić information content (AvgIpc) is 2.44. The molecule has 0 heterocycles. The zero-order chi connectivity index (χ0) is 15.2. The van der Waals surface area contributed by atoms with Crippen molar-refractivity contribution in [1.29, 1.82) is 0 Å². The van der Waals surface area contributed by atoms with Gasteiger partial charge in [-0.05, 0) is 19.3 Å². The van der Waals surface area contributed by atoms with Crippen LogP contribution in [0.5, 0.6) is 0 Å². The molecule has 0 fully saturated rings. The molecule has 0 bridgehead atoms. The first-order valence-electron chi connectivity index (χ1n) is 8.75. The van der Waals surface area contributed by atoms with Crippen molar-refractivity contribution in [2.24, 2.45) is 11.8 Å². The summed E-state index contributed by atoms with van der Waals surface area (Å²) in [5.74, 6) is 6.21. The quantitative estimate of drug-likeness (QED) is 0.282. The number of nitrogens with two attached hydrogens (primary N) is 1. The summed E-state index contributed by atoms with van der Waals surface area (Å²) >= 11 is 0. The number of hydrogen-bond donors (Lipinski definition) is 2. The Morgan fingerprint density at radius 3 is 1.90 bits per heavy atom. The summed E-state index contributed by atoms with van der Waals surface area (Å²) in [5, 5.41) is 0. The molecular formula is C17H38N2O. The van der Waals surface area contributed by atoms with Crippen LogP contribution in [0.25, 0.3) is 0 Å². The fraction of sp³-hybridized carbons (Fsp3) is 1.00. The zero-order valence-electron chi connectivity index (χ0n) is 14.3. The summed E-state index contributed by atoms with van der Waals surface area (Å²) in [6, 6.07) is 0.287. The second-order valence-electron chi connectivity index (χ2n) is 6.20. The van der Waals surface area contributed by atoms with Crippen molar-refractivity contribution in [3.63, 3.8) is 0 Å². The van der Waals surface area contributed by atoms with Crippen LogP contribution in [0, 0.1) is 5.92 Å². The van der Waals surface area contributed by atoms with Gasteiger partial charge in [0.15, 0.2) is 0 Å². The molecule has 2 unspecified atom stereocenters. The second-order valence-corrected chi connectivity index (χ2v) is 6.20. The summed E-state index contributed by atoms with van der Waals surface area (Å²) < 4.78 is 5.84. The van der Waals surface area contributed by atoms with Crippen molar-refractivity contribution in [2.45, 2.75) is 97.6 Å². The predicted octanol–water partition coefficient (Wildman–Crippen LogP) is 4.41. The molecule has 122 valence electrons. The van der Waals surface area contributed by atoms with Gasteiger partial charge in [0.1, 0.15) is 0 Å². The van der Waals surface area contributed by atoms with E-state index in [2.05, 4.69) is 33.1 Å². The lowest BCUT2D eigenvalue weighted by Gasteiger charge is -2.29. The Bertz CT molecular complexity index is 197. The van der Waals surface area contributed by atoms with Crippen LogP contribution in [0.2, 0.25) is 0 Å². The number of nitrogens with one attached hydrogen (secondary N) is 1. The topological polar surface area (TPSA) is 47.3 Å². The minimum atomic E-state index is 0.231. The van der Waals surface area contributed by atoms with E-state index in [-0.39, 0.29) is 12.1 Å². The van der Waals surface area contributed by atoms with E-state index in [1.807, 2.05) is 0 Å². The third-order valence-corrected chi connectivity index (χ3v) is 4.00. The van der Waals surface area contributed by atoms with Crippen LogP contribution in [0.1, 0.15) is 85.5 Å². The Morgan fingerprint density at radius 1 is 0.900 bits per heavy atom. The van der Waals surface area contributed by atoms with Crippen molar-refractivity contribution >= 4 is 0 Å². The van der Waals surface area contributed by atoms with Gasteiger partial charge in [-0.1, -0.05) is 72.1 Å². The van der Waals surface area contributed by atoms with Crippen molar-refractivity contribution in [3.8, 4) is 0 Å². The Kier molecular flexibility index (Phi) is 13.8. The summed E-state index contributed by atoms with van der Waals surface area (Å²) in [6.45, 7) is 9.50. The van der Waals surface area contributed by atoms with Gasteiger partial charge in [-0.15, -0.1) is 0 Å². The van der Waals surface area contributed by atoms with E-state index in [0.29, 0.717) is 5.92 Å². The molecule has 0 aliphatic heterocycles. The van der Waals surface area contributed by atoms with E-state index < -0.39 is 0 Å². The number of rotatable bonds is 14. The van der Waals surface area contributed by atoms with Gasteiger partial charge >= 0.3 is 0 Å². The summed E-state index contributed by atoms with van der Waals surface area (Å²) in [5.41, 5.74) is 2.96. The Hall–Kier alpha value is -0.120. The molecule has 0 aliphatic carbocycles. The molecule has 0 saturated heterocycles. The molecule has 0 rings (SSSR count). The van der Waals surface area contributed by atoms with E-state index in [1.54, 1.807) is 0 Å². The molecule has 0 saturated carbocycles. The minimum absolute atomic E-state index is 0.231. The highest BCUT2D eigenvalue weighted by atomic mass is 16.5. The monoisotopic (exact) mass is 286 g/mol. The van der Waals surface area contributed by atoms with Gasteiger partial charge in [-0.2, -0.15) is 0 Å². The highest BCUT2D eigenvalue weighted by Crippen LogP contribution is 2.17. The molecule has 0 aromatic rings. The van der Waals surface area contributed by atoms with Crippen molar-refractivity contribution in [2.75, 3.05) is 6.61 Å². The number of ether oxygens (including phenoxy) is 1. The molecule has 3 nitrogen and oxygen atoms in total. The molecule has 0 aromatic heterocycles. The maximum atomic E-state index is 5.84. The number of hydrogen-bond acceptors (Lipinski definition) is 3. The van der Waals surface area contributed by atoms with Gasteiger partial charge in [0, 0.05) is 12.6 Å². The minimum Gasteiger partial charge on any atom is -0.377 e. The molecular weight excluding hydrogens is 248 g/mol. The van der Waals surface area contributed by atoms with E-state index in [1.165, 1.54) is 51.4 Å². The van der Waals surface area contributed by atoms with Crippen LogP contribution in [0.3, 0.4) is 0 Å². The first-order valence-corrected chi connectivity index (χ1v) is 8.75. The largest absolute Gasteiger partial charge is 0.377 e. The molecule has 0 radical (unpaired) electrons.